The summed E-state index contributed by atoms with van der Waals surface area (Å²) in [4.78, 5) is 28.9. The van der Waals surface area contributed by atoms with Crippen LogP contribution in [0.1, 0.15) is 27.0 Å². The highest BCUT2D eigenvalue weighted by Gasteiger charge is 2.23. The topological polar surface area (TPSA) is 123 Å². The predicted molar refractivity (Wildman–Crippen MR) is 141 cm³/mol. The molecule has 0 aliphatic carbocycles. The third kappa shape index (κ3) is 5.63. The van der Waals surface area contributed by atoms with Crippen LogP contribution < -0.4 is 5.32 Å². The number of carboxylic acid groups (broad SMARTS) is 1. The van der Waals surface area contributed by atoms with Crippen molar-refractivity contribution in [3.63, 3.8) is 0 Å². The Bertz CT molecular complexity index is 1710. The smallest absolute Gasteiger partial charge is 0.326 e. The van der Waals surface area contributed by atoms with Gasteiger partial charge in [0, 0.05) is 18.2 Å². The Morgan fingerprint density at radius 2 is 1.80 bits per heavy atom. The van der Waals surface area contributed by atoms with Crippen molar-refractivity contribution >= 4 is 11.9 Å². The summed E-state index contributed by atoms with van der Waals surface area (Å²) in [6.07, 6.45) is 2.43. The van der Waals surface area contributed by atoms with E-state index in [0.717, 1.165) is 5.56 Å². The SMILES string of the molecule is Cc1ccc(-c2nc(-c3ccc(CC(NC(=O)c4cnn(-c5ccc(C)c(F)c5)c4)C(=O)O)cc3F)no2)cc1. The van der Waals surface area contributed by atoms with E-state index < -0.39 is 29.6 Å². The Kier molecular flexibility index (Phi) is 7.19. The lowest BCUT2D eigenvalue weighted by atomic mass is 10.0. The summed E-state index contributed by atoms with van der Waals surface area (Å²) in [5.74, 6) is -2.80. The Balaban J connectivity index is 1.28. The van der Waals surface area contributed by atoms with Gasteiger partial charge in [0.15, 0.2) is 0 Å². The van der Waals surface area contributed by atoms with E-state index in [1.807, 2.05) is 31.2 Å². The van der Waals surface area contributed by atoms with E-state index in [1.165, 1.54) is 41.3 Å². The van der Waals surface area contributed by atoms with Crippen molar-refractivity contribution in [2.45, 2.75) is 26.3 Å². The van der Waals surface area contributed by atoms with E-state index in [4.69, 9.17) is 4.52 Å². The van der Waals surface area contributed by atoms with Crippen molar-refractivity contribution in [3.8, 4) is 28.5 Å². The normalized spacial score (nSPS) is 11.8. The monoisotopic (exact) mass is 543 g/mol. The van der Waals surface area contributed by atoms with Gasteiger partial charge in [-0.05, 0) is 61.4 Å². The van der Waals surface area contributed by atoms with Crippen molar-refractivity contribution in [1.29, 1.82) is 0 Å². The quantitative estimate of drug-likeness (QED) is 0.285. The molecule has 11 heteroatoms. The van der Waals surface area contributed by atoms with Crippen LogP contribution in [0.3, 0.4) is 0 Å². The highest BCUT2D eigenvalue weighted by molar-refractivity contribution is 5.96. The molecule has 0 bridgehead atoms. The summed E-state index contributed by atoms with van der Waals surface area (Å²) in [6.45, 7) is 3.57. The molecule has 0 aliphatic rings. The molecule has 5 aromatic rings. The molecule has 1 amide bonds. The van der Waals surface area contributed by atoms with Gasteiger partial charge < -0.3 is 14.9 Å². The summed E-state index contributed by atoms with van der Waals surface area (Å²) >= 11 is 0. The first kappa shape index (κ1) is 26.4. The number of aliphatic carboxylic acids is 1. The van der Waals surface area contributed by atoms with Crippen molar-refractivity contribution < 1.29 is 28.0 Å². The molecule has 0 saturated heterocycles. The second-order valence-electron chi connectivity index (χ2n) is 9.28. The minimum absolute atomic E-state index is 0.0492. The number of rotatable bonds is 8. The number of hydrogen-bond acceptors (Lipinski definition) is 6. The molecule has 2 N–H and O–H groups in total. The van der Waals surface area contributed by atoms with Gasteiger partial charge in [0.25, 0.3) is 11.8 Å². The molecule has 0 radical (unpaired) electrons. The minimum Gasteiger partial charge on any atom is -0.480 e. The molecule has 40 heavy (non-hydrogen) atoms. The van der Waals surface area contributed by atoms with Crippen molar-refractivity contribution in [2.75, 3.05) is 0 Å². The lowest BCUT2D eigenvalue weighted by Crippen LogP contribution is -2.42. The van der Waals surface area contributed by atoms with Crippen molar-refractivity contribution in [2.24, 2.45) is 0 Å². The fourth-order valence-corrected chi connectivity index (χ4v) is 4.00. The molecular weight excluding hydrogens is 520 g/mol. The maximum atomic E-state index is 15.0. The van der Waals surface area contributed by atoms with E-state index in [1.54, 1.807) is 19.1 Å². The van der Waals surface area contributed by atoms with E-state index in [2.05, 4.69) is 20.6 Å². The van der Waals surface area contributed by atoms with E-state index in [-0.39, 0.29) is 29.3 Å². The van der Waals surface area contributed by atoms with Gasteiger partial charge in [-0.2, -0.15) is 10.1 Å². The second-order valence-corrected chi connectivity index (χ2v) is 9.28. The van der Waals surface area contributed by atoms with Gasteiger partial charge in [0.05, 0.1) is 23.0 Å². The summed E-state index contributed by atoms with van der Waals surface area (Å²) in [7, 11) is 0. The molecular formula is C29H23F2N5O4. The van der Waals surface area contributed by atoms with Crippen LogP contribution in [-0.4, -0.2) is 42.9 Å². The van der Waals surface area contributed by atoms with Crippen molar-refractivity contribution in [3.05, 3.63) is 107 Å². The van der Waals surface area contributed by atoms with E-state index in [0.29, 0.717) is 22.4 Å². The number of hydrogen-bond donors (Lipinski definition) is 2. The van der Waals surface area contributed by atoms with Gasteiger partial charge in [-0.25, -0.2) is 18.3 Å². The number of nitrogens with one attached hydrogen (secondary N) is 1. The molecule has 0 fully saturated rings. The fourth-order valence-electron chi connectivity index (χ4n) is 4.00. The third-order valence-electron chi connectivity index (χ3n) is 6.31. The molecule has 2 aromatic heterocycles. The Morgan fingerprint density at radius 3 is 2.50 bits per heavy atom. The molecule has 1 unspecified atom stereocenters. The highest BCUT2D eigenvalue weighted by Crippen LogP contribution is 2.25. The van der Waals surface area contributed by atoms with Gasteiger partial charge in [-0.15, -0.1) is 0 Å². The molecule has 202 valence electrons. The Labute approximate surface area is 227 Å². The van der Waals surface area contributed by atoms with Crippen LogP contribution in [0, 0.1) is 25.5 Å². The molecule has 2 heterocycles. The zero-order valence-corrected chi connectivity index (χ0v) is 21.4. The largest absolute Gasteiger partial charge is 0.480 e. The summed E-state index contributed by atoms with van der Waals surface area (Å²) in [6, 6.07) is 14.7. The number of carbonyl (C=O) groups excluding carboxylic acids is 1. The number of carbonyl (C=O) groups is 2. The summed E-state index contributed by atoms with van der Waals surface area (Å²) in [5.41, 5.74) is 3.12. The fraction of sp³-hybridized carbons (Fsp3) is 0.138. The molecule has 9 nitrogen and oxygen atoms in total. The Hall–Kier alpha value is -5.19. The lowest BCUT2D eigenvalue weighted by molar-refractivity contribution is -0.139. The second kappa shape index (κ2) is 10.9. The van der Waals surface area contributed by atoms with Crippen LogP contribution in [-0.2, 0) is 11.2 Å². The lowest BCUT2D eigenvalue weighted by Gasteiger charge is -2.14. The van der Waals surface area contributed by atoms with Crippen LogP contribution >= 0.6 is 0 Å². The summed E-state index contributed by atoms with van der Waals surface area (Å²) in [5, 5.41) is 20.1. The van der Waals surface area contributed by atoms with Gasteiger partial charge in [-0.1, -0.05) is 35.0 Å². The zero-order chi connectivity index (χ0) is 28.4. The number of nitrogens with zero attached hydrogens (tertiary/aromatic N) is 4. The average Bonchev–Trinajstić information content (AvgIpc) is 3.61. The van der Waals surface area contributed by atoms with Crippen molar-refractivity contribution in [1.82, 2.24) is 25.2 Å². The number of carboxylic acids is 1. The molecule has 0 aliphatic heterocycles. The maximum Gasteiger partial charge on any atom is 0.326 e. The van der Waals surface area contributed by atoms with Crippen LogP contribution in [0.2, 0.25) is 0 Å². The molecule has 5 rings (SSSR count). The first-order valence-electron chi connectivity index (χ1n) is 12.2. The van der Waals surface area contributed by atoms with Crippen LogP contribution in [0.25, 0.3) is 28.5 Å². The van der Waals surface area contributed by atoms with Gasteiger partial charge >= 0.3 is 5.97 Å². The first-order valence-corrected chi connectivity index (χ1v) is 12.2. The maximum absolute atomic E-state index is 15.0. The van der Waals surface area contributed by atoms with E-state index in [9.17, 15) is 19.1 Å². The minimum atomic E-state index is -1.35. The highest BCUT2D eigenvalue weighted by atomic mass is 19.1. The first-order chi connectivity index (χ1) is 19.2. The predicted octanol–water partition coefficient (Wildman–Crippen LogP) is 4.91. The standard InChI is InChI=1S/C29H23F2N5O4/c1-16-3-7-19(8-4-16)28-34-26(35-40-28)22-10-6-18(11-24(22)31)12-25(29(38)39)33-27(37)20-14-32-36(15-20)21-9-5-17(2)23(30)13-21/h3-11,13-15,25H,12H2,1-2H3,(H,33,37)(H,38,39). The third-order valence-corrected chi connectivity index (χ3v) is 6.31. The molecule has 0 spiro atoms. The zero-order valence-electron chi connectivity index (χ0n) is 21.4. The molecule has 0 saturated carbocycles. The van der Waals surface area contributed by atoms with Crippen LogP contribution in [0.5, 0.6) is 0 Å². The summed E-state index contributed by atoms with van der Waals surface area (Å²) < 4.78 is 35.5. The molecule has 3 aromatic carbocycles. The van der Waals surface area contributed by atoms with Gasteiger partial charge in [0.1, 0.15) is 17.7 Å². The van der Waals surface area contributed by atoms with Crippen LogP contribution in [0.15, 0.2) is 77.6 Å². The number of aryl methyl sites for hydroxylation is 2. The van der Waals surface area contributed by atoms with Crippen LogP contribution in [0.4, 0.5) is 8.78 Å². The van der Waals surface area contributed by atoms with E-state index >= 15 is 4.39 Å². The number of halogens is 2. The molecule has 1 atom stereocenters. The number of aromatic nitrogens is 4. The number of amides is 1. The number of benzene rings is 3. The van der Waals surface area contributed by atoms with Gasteiger partial charge in [0.2, 0.25) is 5.82 Å². The van der Waals surface area contributed by atoms with Gasteiger partial charge in [-0.3, -0.25) is 4.79 Å². The average molecular weight is 544 g/mol. The Morgan fingerprint density at radius 1 is 1.02 bits per heavy atom.